The first kappa shape index (κ1) is 29.8. The Morgan fingerprint density at radius 2 is 1.64 bits per heavy atom. The molecule has 0 fully saturated rings. The Morgan fingerprint density at radius 3 is 2.26 bits per heavy atom. The summed E-state index contributed by atoms with van der Waals surface area (Å²) < 4.78 is 37.0. The van der Waals surface area contributed by atoms with E-state index >= 15 is 0 Å². The van der Waals surface area contributed by atoms with E-state index in [9.17, 15) is 18.0 Å². The molecule has 3 rings (SSSR count). The van der Waals surface area contributed by atoms with Gasteiger partial charge in [-0.1, -0.05) is 36.7 Å². The van der Waals surface area contributed by atoms with Gasteiger partial charge < -0.3 is 20.1 Å². The van der Waals surface area contributed by atoms with Gasteiger partial charge >= 0.3 is 0 Å². The molecule has 2 N–H and O–H groups in total. The monoisotopic (exact) mass is 573 g/mol. The number of para-hydroxylation sites is 1. The zero-order valence-electron chi connectivity index (χ0n) is 22.2. The number of ether oxygens (including phenoxy) is 2. The molecule has 3 aromatic carbocycles. The van der Waals surface area contributed by atoms with Gasteiger partial charge in [-0.15, -0.1) is 0 Å². The lowest BCUT2D eigenvalue weighted by Gasteiger charge is -2.30. The van der Waals surface area contributed by atoms with Gasteiger partial charge in [-0.2, -0.15) is 0 Å². The number of carbonyl (C=O) groups excluding carboxylic acids is 2. The molecule has 0 heterocycles. The second-order valence-electron chi connectivity index (χ2n) is 8.69. The zero-order chi connectivity index (χ0) is 28.6. The van der Waals surface area contributed by atoms with Gasteiger partial charge in [-0.05, 0) is 66.9 Å². The summed E-state index contributed by atoms with van der Waals surface area (Å²) in [6.45, 7) is 2.05. The SMILES string of the molecule is CC[C@H](C(=O)Nc1ccccc1C(=O)NCCc1ccc(OC)c(OC)c1)N(c1ccc(Cl)cc1)S(C)(=O)=O. The summed E-state index contributed by atoms with van der Waals surface area (Å²) in [6, 6.07) is 17.2. The highest BCUT2D eigenvalue weighted by Crippen LogP contribution is 2.28. The highest BCUT2D eigenvalue weighted by atomic mass is 35.5. The van der Waals surface area contributed by atoms with E-state index in [1.165, 1.54) is 0 Å². The third-order valence-electron chi connectivity index (χ3n) is 5.99. The maximum absolute atomic E-state index is 13.4. The van der Waals surface area contributed by atoms with Crippen LogP contribution < -0.4 is 24.4 Å². The number of methoxy groups -OCH3 is 2. The number of anilines is 2. The highest BCUT2D eigenvalue weighted by Gasteiger charge is 2.32. The predicted molar refractivity (Wildman–Crippen MR) is 154 cm³/mol. The maximum atomic E-state index is 13.4. The van der Waals surface area contributed by atoms with Gasteiger partial charge in [-0.3, -0.25) is 13.9 Å². The van der Waals surface area contributed by atoms with E-state index in [1.807, 2.05) is 12.1 Å². The van der Waals surface area contributed by atoms with E-state index in [0.717, 1.165) is 16.1 Å². The fourth-order valence-electron chi connectivity index (χ4n) is 4.11. The lowest BCUT2D eigenvalue weighted by atomic mass is 10.1. The standard InChI is InChI=1S/C28H32ClN3O6S/c1-5-24(32(39(4,35)36)21-13-11-20(29)12-14-21)28(34)31-23-9-7-6-8-22(23)27(33)30-17-16-19-10-15-25(37-2)26(18-19)38-3/h6-15,18,24H,5,16-17H2,1-4H3,(H,30,33)(H,31,34)/t24-/m1/s1. The minimum atomic E-state index is -3.82. The topological polar surface area (TPSA) is 114 Å². The van der Waals surface area contributed by atoms with E-state index in [-0.39, 0.29) is 23.6 Å². The summed E-state index contributed by atoms with van der Waals surface area (Å²) in [6.07, 6.45) is 1.78. The van der Waals surface area contributed by atoms with Crippen molar-refractivity contribution in [1.82, 2.24) is 5.32 Å². The molecule has 1 atom stereocenters. The average molecular weight is 574 g/mol. The lowest BCUT2D eigenvalue weighted by Crippen LogP contribution is -2.47. The first-order valence-electron chi connectivity index (χ1n) is 12.2. The molecule has 0 saturated carbocycles. The fourth-order valence-corrected chi connectivity index (χ4v) is 5.44. The molecule has 0 radical (unpaired) electrons. The van der Waals surface area contributed by atoms with Gasteiger partial charge in [0.1, 0.15) is 6.04 Å². The largest absolute Gasteiger partial charge is 0.493 e. The predicted octanol–water partition coefficient (Wildman–Crippen LogP) is 4.51. The lowest BCUT2D eigenvalue weighted by molar-refractivity contribution is -0.117. The van der Waals surface area contributed by atoms with E-state index in [2.05, 4.69) is 10.6 Å². The molecule has 3 aromatic rings. The van der Waals surface area contributed by atoms with Crippen LogP contribution in [0.3, 0.4) is 0 Å². The van der Waals surface area contributed by atoms with E-state index in [0.29, 0.717) is 35.2 Å². The number of rotatable bonds is 12. The van der Waals surface area contributed by atoms with Crippen LogP contribution in [0.15, 0.2) is 66.7 Å². The second kappa shape index (κ2) is 13.3. The molecule has 39 heavy (non-hydrogen) atoms. The van der Waals surface area contributed by atoms with Crippen LogP contribution in [0.5, 0.6) is 11.5 Å². The van der Waals surface area contributed by atoms with Gasteiger partial charge in [0.15, 0.2) is 11.5 Å². The molecular formula is C28H32ClN3O6S. The number of nitrogens with zero attached hydrogens (tertiary/aromatic N) is 1. The van der Waals surface area contributed by atoms with Crippen molar-refractivity contribution < 1.29 is 27.5 Å². The fraction of sp³-hybridized carbons (Fsp3) is 0.286. The number of hydrogen-bond acceptors (Lipinski definition) is 6. The van der Waals surface area contributed by atoms with Crippen LogP contribution in [0, 0.1) is 0 Å². The molecule has 0 aliphatic carbocycles. The Morgan fingerprint density at radius 1 is 0.974 bits per heavy atom. The van der Waals surface area contributed by atoms with E-state index in [4.69, 9.17) is 21.1 Å². The Labute approximate surface area is 234 Å². The van der Waals surface area contributed by atoms with Crippen molar-refractivity contribution >= 4 is 44.8 Å². The number of nitrogens with one attached hydrogen (secondary N) is 2. The third-order valence-corrected chi connectivity index (χ3v) is 7.42. The molecule has 0 unspecified atom stereocenters. The van der Waals surface area contributed by atoms with E-state index < -0.39 is 22.0 Å². The smallest absolute Gasteiger partial charge is 0.253 e. The number of hydrogen-bond donors (Lipinski definition) is 2. The molecule has 2 amide bonds. The van der Waals surface area contributed by atoms with Crippen LogP contribution in [0.2, 0.25) is 5.02 Å². The molecule has 0 saturated heterocycles. The Balaban J connectivity index is 1.74. The first-order valence-corrected chi connectivity index (χ1v) is 14.5. The Hall–Kier alpha value is -3.76. The first-order chi connectivity index (χ1) is 18.6. The molecule has 0 spiro atoms. The van der Waals surface area contributed by atoms with Crippen molar-refractivity contribution in [2.45, 2.75) is 25.8 Å². The van der Waals surface area contributed by atoms with Crippen molar-refractivity contribution in [3.8, 4) is 11.5 Å². The summed E-state index contributed by atoms with van der Waals surface area (Å²) in [5, 5.41) is 6.06. The molecule has 0 aliphatic heterocycles. The molecular weight excluding hydrogens is 542 g/mol. The highest BCUT2D eigenvalue weighted by molar-refractivity contribution is 7.92. The minimum absolute atomic E-state index is 0.196. The zero-order valence-corrected chi connectivity index (χ0v) is 23.8. The molecule has 0 bridgehead atoms. The van der Waals surface area contributed by atoms with Gasteiger partial charge in [0, 0.05) is 11.6 Å². The van der Waals surface area contributed by atoms with Crippen LogP contribution in [-0.2, 0) is 21.2 Å². The van der Waals surface area contributed by atoms with Crippen LogP contribution in [0.25, 0.3) is 0 Å². The van der Waals surface area contributed by atoms with Gasteiger partial charge in [-0.25, -0.2) is 8.42 Å². The molecule has 11 heteroatoms. The number of benzene rings is 3. The Bertz CT molecular complexity index is 1410. The summed E-state index contributed by atoms with van der Waals surface area (Å²) >= 11 is 5.96. The third kappa shape index (κ3) is 7.64. The van der Waals surface area contributed by atoms with Gasteiger partial charge in [0.2, 0.25) is 15.9 Å². The quantitative estimate of drug-likeness (QED) is 0.329. The van der Waals surface area contributed by atoms with Crippen LogP contribution in [0.1, 0.15) is 29.3 Å². The molecule has 208 valence electrons. The van der Waals surface area contributed by atoms with Crippen molar-refractivity contribution in [3.05, 3.63) is 82.9 Å². The van der Waals surface area contributed by atoms with Crippen molar-refractivity contribution in [1.29, 1.82) is 0 Å². The van der Waals surface area contributed by atoms with Crippen molar-refractivity contribution in [3.63, 3.8) is 0 Å². The second-order valence-corrected chi connectivity index (χ2v) is 11.0. The molecule has 0 aliphatic rings. The summed E-state index contributed by atoms with van der Waals surface area (Å²) in [7, 11) is -0.700. The number of amides is 2. The van der Waals surface area contributed by atoms with Crippen molar-refractivity contribution in [2.24, 2.45) is 0 Å². The number of sulfonamides is 1. The average Bonchev–Trinajstić information content (AvgIpc) is 2.91. The van der Waals surface area contributed by atoms with E-state index in [1.54, 1.807) is 75.7 Å². The normalized spacial score (nSPS) is 11.8. The van der Waals surface area contributed by atoms with Crippen LogP contribution >= 0.6 is 11.6 Å². The molecule has 0 aromatic heterocycles. The Kier molecular flexibility index (Phi) is 10.2. The van der Waals surface area contributed by atoms with Crippen LogP contribution in [-0.4, -0.2) is 53.3 Å². The summed E-state index contributed by atoms with van der Waals surface area (Å²) in [5.74, 6) is 0.271. The van der Waals surface area contributed by atoms with Gasteiger partial charge in [0.25, 0.3) is 5.91 Å². The minimum Gasteiger partial charge on any atom is -0.493 e. The number of carbonyl (C=O) groups is 2. The van der Waals surface area contributed by atoms with Crippen LogP contribution in [0.4, 0.5) is 11.4 Å². The maximum Gasteiger partial charge on any atom is 0.253 e. The molecule has 9 nitrogen and oxygen atoms in total. The van der Waals surface area contributed by atoms with Crippen molar-refractivity contribution in [2.75, 3.05) is 36.6 Å². The van der Waals surface area contributed by atoms with Gasteiger partial charge in [0.05, 0.1) is 37.4 Å². The summed E-state index contributed by atoms with van der Waals surface area (Å²) in [4.78, 5) is 26.4. The number of halogens is 1. The summed E-state index contributed by atoms with van der Waals surface area (Å²) in [5.41, 5.74) is 1.79.